The molecule has 0 atom stereocenters. The third-order valence-corrected chi connectivity index (χ3v) is 2.83. The van der Waals surface area contributed by atoms with Crippen LogP contribution >= 0.6 is 22.6 Å². The topological polar surface area (TPSA) is 52.1 Å². The minimum Gasteiger partial charge on any atom is -0.479 e. The number of nitrogens with zero attached hydrogens (tertiary/aromatic N) is 2. The highest BCUT2D eigenvalue weighted by Gasteiger charge is 2.16. The van der Waals surface area contributed by atoms with Crippen molar-refractivity contribution in [1.82, 2.24) is 9.97 Å². The molecule has 0 saturated heterocycles. The lowest BCUT2D eigenvalue weighted by Crippen LogP contribution is -2.07. The number of ether oxygens (including phenoxy) is 1. The summed E-state index contributed by atoms with van der Waals surface area (Å²) in [6.07, 6.45) is 2.97. The number of aromatic nitrogens is 2. The highest BCUT2D eigenvalue weighted by atomic mass is 127. The molecule has 0 saturated carbocycles. The maximum atomic E-state index is 12.2. The van der Waals surface area contributed by atoms with Gasteiger partial charge < -0.3 is 4.74 Å². The molecule has 0 amide bonds. The first-order valence-corrected chi connectivity index (χ1v) is 5.95. The minimum absolute atomic E-state index is 0.187. The molecule has 86 valence electrons. The van der Waals surface area contributed by atoms with E-state index in [1.165, 1.54) is 19.5 Å². The Morgan fingerprint density at radius 3 is 2.76 bits per heavy atom. The summed E-state index contributed by atoms with van der Waals surface area (Å²) in [5.74, 6) is 0.0600. The molecule has 0 aliphatic carbocycles. The Balaban J connectivity index is 2.44. The standard InChI is InChI=1S/C12H9IN2O2/c1-17-12-10(14-5-6-15-12)11(16)8-3-2-4-9(13)7-8/h2-7H,1H3. The van der Waals surface area contributed by atoms with E-state index in [1.54, 1.807) is 12.1 Å². The van der Waals surface area contributed by atoms with Gasteiger partial charge in [-0.25, -0.2) is 9.97 Å². The summed E-state index contributed by atoms with van der Waals surface area (Å²) in [7, 11) is 1.47. The maximum Gasteiger partial charge on any atom is 0.243 e. The first kappa shape index (κ1) is 12.0. The monoisotopic (exact) mass is 340 g/mol. The Morgan fingerprint density at radius 1 is 1.29 bits per heavy atom. The zero-order chi connectivity index (χ0) is 12.3. The van der Waals surface area contributed by atoms with E-state index in [0.29, 0.717) is 5.56 Å². The average Bonchev–Trinajstić information content (AvgIpc) is 2.38. The van der Waals surface area contributed by atoms with Crippen LogP contribution in [-0.2, 0) is 0 Å². The lowest BCUT2D eigenvalue weighted by atomic mass is 10.1. The molecule has 0 N–H and O–H groups in total. The number of halogens is 1. The van der Waals surface area contributed by atoms with Crippen molar-refractivity contribution < 1.29 is 9.53 Å². The van der Waals surface area contributed by atoms with E-state index in [9.17, 15) is 4.79 Å². The second-order valence-corrected chi connectivity index (χ2v) is 4.50. The molecule has 5 heteroatoms. The van der Waals surface area contributed by atoms with Crippen molar-refractivity contribution in [2.75, 3.05) is 7.11 Å². The van der Waals surface area contributed by atoms with E-state index in [2.05, 4.69) is 32.6 Å². The maximum absolute atomic E-state index is 12.2. The first-order chi connectivity index (χ1) is 8.22. The summed E-state index contributed by atoms with van der Waals surface area (Å²) in [6.45, 7) is 0. The summed E-state index contributed by atoms with van der Waals surface area (Å²) in [5, 5.41) is 0. The zero-order valence-electron chi connectivity index (χ0n) is 9.05. The van der Waals surface area contributed by atoms with Gasteiger partial charge in [-0.15, -0.1) is 0 Å². The molecule has 4 nitrogen and oxygen atoms in total. The van der Waals surface area contributed by atoms with Gasteiger partial charge in [0.2, 0.25) is 11.7 Å². The van der Waals surface area contributed by atoms with Gasteiger partial charge in [0.05, 0.1) is 7.11 Å². The molecule has 0 spiro atoms. The van der Waals surface area contributed by atoms with E-state index in [0.717, 1.165) is 3.57 Å². The highest BCUT2D eigenvalue weighted by Crippen LogP contribution is 2.17. The van der Waals surface area contributed by atoms with Crippen molar-refractivity contribution in [3.8, 4) is 5.88 Å². The summed E-state index contributed by atoms with van der Waals surface area (Å²) < 4.78 is 6.02. The lowest BCUT2D eigenvalue weighted by molar-refractivity contribution is 0.103. The Hall–Kier alpha value is -1.50. The first-order valence-electron chi connectivity index (χ1n) is 4.87. The number of carbonyl (C=O) groups is 1. The Bertz CT molecular complexity index is 558. The number of carbonyl (C=O) groups excluding carboxylic acids is 1. The average molecular weight is 340 g/mol. The third kappa shape index (κ3) is 2.60. The molecule has 2 aromatic rings. The van der Waals surface area contributed by atoms with Crippen molar-refractivity contribution in [2.45, 2.75) is 0 Å². The number of methoxy groups -OCH3 is 1. The van der Waals surface area contributed by atoms with Crippen LogP contribution < -0.4 is 4.74 Å². The van der Waals surface area contributed by atoms with E-state index in [4.69, 9.17) is 4.74 Å². The van der Waals surface area contributed by atoms with Crippen LogP contribution in [0, 0.1) is 3.57 Å². The predicted molar refractivity (Wildman–Crippen MR) is 71.2 cm³/mol. The Morgan fingerprint density at radius 2 is 2.06 bits per heavy atom. The lowest BCUT2D eigenvalue weighted by Gasteiger charge is -2.05. The van der Waals surface area contributed by atoms with Crippen LogP contribution in [0.3, 0.4) is 0 Å². The Kier molecular flexibility index (Phi) is 3.68. The van der Waals surface area contributed by atoms with E-state index in [1.807, 2.05) is 12.1 Å². The molecule has 1 aromatic carbocycles. The smallest absolute Gasteiger partial charge is 0.243 e. The van der Waals surface area contributed by atoms with Crippen molar-refractivity contribution in [2.24, 2.45) is 0 Å². The molecule has 17 heavy (non-hydrogen) atoms. The molecule has 0 bridgehead atoms. The van der Waals surface area contributed by atoms with Crippen LogP contribution in [0.1, 0.15) is 16.1 Å². The SMILES string of the molecule is COc1nccnc1C(=O)c1cccc(I)c1. The second-order valence-electron chi connectivity index (χ2n) is 3.25. The van der Waals surface area contributed by atoms with E-state index < -0.39 is 0 Å². The molecule has 0 fully saturated rings. The van der Waals surface area contributed by atoms with Crippen LogP contribution in [0.15, 0.2) is 36.7 Å². The van der Waals surface area contributed by atoms with E-state index in [-0.39, 0.29) is 17.4 Å². The van der Waals surface area contributed by atoms with Gasteiger partial charge in [-0.05, 0) is 34.7 Å². The third-order valence-electron chi connectivity index (χ3n) is 2.16. The minimum atomic E-state index is -0.187. The van der Waals surface area contributed by atoms with Crippen LogP contribution in [0.5, 0.6) is 5.88 Å². The van der Waals surface area contributed by atoms with Gasteiger partial charge in [0, 0.05) is 21.5 Å². The quantitative estimate of drug-likeness (QED) is 0.636. The van der Waals surface area contributed by atoms with Crippen molar-refractivity contribution in [3.05, 3.63) is 51.5 Å². The fourth-order valence-electron chi connectivity index (χ4n) is 1.40. The molecule has 0 aliphatic heterocycles. The number of hydrogen-bond donors (Lipinski definition) is 0. The summed E-state index contributed by atoms with van der Waals surface area (Å²) >= 11 is 2.16. The highest BCUT2D eigenvalue weighted by molar-refractivity contribution is 14.1. The van der Waals surface area contributed by atoms with Gasteiger partial charge in [0.1, 0.15) is 0 Å². The molecule has 1 heterocycles. The number of hydrogen-bond acceptors (Lipinski definition) is 4. The predicted octanol–water partition coefficient (Wildman–Crippen LogP) is 2.32. The molecule has 0 radical (unpaired) electrons. The van der Waals surface area contributed by atoms with Crippen molar-refractivity contribution in [1.29, 1.82) is 0 Å². The fourth-order valence-corrected chi connectivity index (χ4v) is 1.94. The molecular formula is C12H9IN2O2. The van der Waals surface area contributed by atoms with Crippen LogP contribution in [-0.4, -0.2) is 22.9 Å². The fraction of sp³-hybridized carbons (Fsp3) is 0.0833. The Labute approximate surface area is 112 Å². The summed E-state index contributed by atoms with van der Waals surface area (Å²) in [4.78, 5) is 20.2. The van der Waals surface area contributed by atoms with Crippen molar-refractivity contribution >= 4 is 28.4 Å². The molecule has 0 unspecified atom stereocenters. The second kappa shape index (κ2) is 5.22. The molecule has 1 aromatic heterocycles. The van der Waals surface area contributed by atoms with Gasteiger partial charge in [-0.2, -0.15) is 0 Å². The van der Waals surface area contributed by atoms with E-state index >= 15 is 0 Å². The van der Waals surface area contributed by atoms with Gasteiger partial charge in [0.15, 0.2) is 5.69 Å². The summed E-state index contributed by atoms with van der Waals surface area (Å²) in [5.41, 5.74) is 0.813. The largest absolute Gasteiger partial charge is 0.479 e. The number of benzene rings is 1. The zero-order valence-corrected chi connectivity index (χ0v) is 11.2. The van der Waals surface area contributed by atoms with Crippen LogP contribution in [0.2, 0.25) is 0 Å². The molecule has 0 aliphatic rings. The molecular weight excluding hydrogens is 331 g/mol. The van der Waals surface area contributed by atoms with Crippen LogP contribution in [0.4, 0.5) is 0 Å². The number of rotatable bonds is 3. The van der Waals surface area contributed by atoms with Crippen LogP contribution in [0.25, 0.3) is 0 Å². The summed E-state index contributed by atoms with van der Waals surface area (Å²) in [6, 6.07) is 7.30. The molecule has 2 rings (SSSR count). The van der Waals surface area contributed by atoms with Gasteiger partial charge in [0.25, 0.3) is 0 Å². The van der Waals surface area contributed by atoms with Crippen molar-refractivity contribution in [3.63, 3.8) is 0 Å². The van der Waals surface area contributed by atoms with Gasteiger partial charge in [-0.3, -0.25) is 4.79 Å². The van der Waals surface area contributed by atoms with Gasteiger partial charge >= 0.3 is 0 Å². The van der Waals surface area contributed by atoms with Gasteiger partial charge in [-0.1, -0.05) is 12.1 Å². The number of ketones is 1. The normalized spacial score (nSPS) is 10.0.